The Morgan fingerprint density at radius 2 is 2.17 bits per heavy atom. The van der Waals surface area contributed by atoms with E-state index >= 15 is 0 Å². The van der Waals surface area contributed by atoms with Crippen molar-refractivity contribution in [2.24, 2.45) is 5.16 Å². The number of hydrogen-bond acceptors (Lipinski definition) is 6. The number of oxime groups is 1. The van der Waals surface area contributed by atoms with Crippen LogP contribution in [0.4, 0.5) is 0 Å². The highest BCUT2D eigenvalue weighted by atomic mass is 16.7. The SMILES string of the molecule is C/C(=N/OCC(=O)NCc1ccco1)c1ccc2c(c1)OCO2. The van der Waals surface area contributed by atoms with E-state index in [4.69, 9.17) is 18.7 Å². The van der Waals surface area contributed by atoms with Crippen molar-refractivity contribution in [3.8, 4) is 11.5 Å². The van der Waals surface area contributed by atoms with Gasteiger partial charge in [-0.15, -0.1) is 0 Å². The van der Waals surface area contributed by atoms with E-state index in [1.54, 1.807) is 25.3 Å². The maximum Gasteiger partial charge on any atom is 0.261 e. The van der Waals surface area contributed by atoms with Crippen LogP contribution in [0.5, 0.6) is 11.5 Å². The fourth-order valence-corrected chi connectivity index (χ4v) is 2.01. The lowest BCUT2D eigenvalue weighted by atomic mass is 10.1. The molecule has 0 atom stereocenters. The Hall–Kier alpha value is -2.96. The Morgan fingerprint density at radius 1 is 1.30 bits per heavy atom. The smallest absolute Gasteiger partial charge is 0.261 e. The molecule has 3 rings (SSSR count). The third kappa shape index (κ3) is 3.82. The summed E-state index contributed by atoms with van der Waals surface area (Å²) in [6.45, 7) is 2.17. The molecule has 0 unspecified atom stereocenters. The van der Waals surface area contributed by atoms with Crippen LogP contribution in [-0.2, 0) is 16.2 Å². The molecule has 1 aromatic carbocycles. The van der Waals surface area contributed by atoms with Gasteiger partial charge in [-0.05, 0) is 37.3 Å². The second-order valence-corrected chi connectivity index (χ2v) is 4.87. The number of carbonyl (C=O) groups is 1. The Morgan fingerprint density at radius 3 is 3.00 bits per heavy atom. The average Bonchev–Trinajstić information content (AvgIpc) is 3.23. The molecule has 0 aliphatic carbocycles. The fourth-order valence-electron chi connectivity index (χ4n) is 2.01. The number of nitrogens with one attached hydrogen (secondary N) is 1. The lowest BCUT2D eigenvalue weighted by molar-refractivity contribution is -0.125. The molecule has 1 N–H and O–H groups in total. The van der Waals surface area contributed by atoms with Gasteiger partial charge in [0.1, 0.15) is 5.76 Å². The molecule has 7 heteroatoms. The van der Waals surface area contributed by atoms with E-state index in [9.17, 15) is 4.79 Å². The van der Waals surface area contributed by atoms with Gasteiger partial charge < -0.3 is 24.0 Å². The summed E-state index contributed by atoms with van der Waals surface area (Å²) in [4.78, 5) is 16.7. The van der Waals surface area contributed by atoms with Crippen LogP contribution in [0, 0.1) is 0 Å². The summed E-state index contributed by atoms with van der Waals surface area (Å²) in [6.07, 6.45) is 1.55. The first-order valence-corrected chi connectivity index (χ1v) is 7.08. The van der Waals surface area contributed by atoms with Gasteiger partial charge >= 0.3 is 0 Å². The van der Waals surface area contributed by atoms with E-state index in [2.05, 4.69) is 10.5 Å². The Bertz CT molecular complexity index is 709. The van der Waals surface area contributed by atoms with Crippen LogP contribution in [0.15, 0.2) is 46.2 Å². The third-order valence-corrected chi connectivity index (χ3v) is 3.23. The van der Waals surface area contributed by atoms with Crippen LogP contribution < -0.4 is 14.8 Å². The third-order valence-electron chi connectivity index (χ3n) is 3.23. The lowest BCUT2D eigenvalue weighted by Crippen LogP contribution is -2.26. The standard InChI is InChI=1S/C16H16N2O5/c1-11(12-4-5-14-15(7-12)22-10-21-14)18-23-9-16(19)17-8-13-3-2-6-20-13/h2-7H,8-10H2,1H3,(H,17,19)/b18-11-. The van der Waals surface area contributed by atoms with Crippen molar-refractivity contribution in [1.29, 1.82) is 0 Å². The van der Waals surface area contributed by atoms with Crippen LogP contribution in [0.2, 0.25) is 0 Å². The second kappa shape index (κ2) is 6.87. The van der Waals surface area contributed by atoms with Crippen molar-refractivity contribution in [3.05, 3.63) is 47.9 Å². The van der Waals surface area contributed by atoms with Crippen molar-refractivity contribution in [2.45, 2.75) is 13.5 Å². The number of ether oxygens (including phenoxy) is 2. The summed E-state index contributed by atoms with van der Waals surface area (Å²) < 4.78 is 15.7. The molecule has 0 saturated carbocycles. The topological polar surface area (TPSA) is 82.3 Å². The molecule has 0 radical (unpaired) electrons. The molecule has 0 fully saturated rings. The molecule has 0 saturated heterocycles. The molecule has 0 bridgehead atoms. The molecule has 2 aromatic rings. The van der Waals surface area contributed by atoms with Crippen LogP contribution >= 0.6 is 0 Å². The van der Waals surface area contributed by atoms with Gasteiger partial charge in [-0.25, -0.2) is 0 Å². The summed E-state index contributed by atoms with van der Waals surface area (Å²) in [5.74, 6) is 1.79. The normalized spacial score (nSPS) is 13.0. The molecule has 7 nitrogen and oxygen atoms in total. The van der Waals surface area contributed by atoms with Crippen LogP contribution in [-0.4, -0.2) is 25.0 Å². The monoisotopic (exact) mass is 316 g/mol. The predicted molar refractivity (Wildman–Crippen MR) is 81.3 cm³/mol. The molecule has 1 aromatic heterocycles. The summed E-state index contributed by atoms with van der Waals surface area (Å²) in [6, 6.07) is 9.03. The van der Waals surface area contributed by atoms with Crippen LogP contribution in [0.1, 0.15) is 18.2 Å². The first-order chi connectivity index (χ1) is 11.2. The van der Waals surface area contributed by atoms with E-state index in [1.165, 1.54) is 0 Å². The minimum Gasteiger partial charge on any atom is -0.467 e. The number of hydrogen-bond donors (Lipinski definition) is 1. The number of furan rings is 1. The van der Waals surface area contributed by atoms with E-state index in [-0.39, 0.29) is 19.3 Å². The van der Waals surface area contributed by atoms with E-state index in [1.807, 2.05) is 18.2 Å². The lowest BCUT2D eigenvalue weighted by Gasteiger charge is -2.04. The maximum absolute atomic E-state index is 11.6. The minimum absolute atomic E-state index is 0.164. The highest BCUT2D eigenvalue weighted by molar-refractivity contribution is 5.99. The zero-order valence-electron chi connectivity index (χ0n) is 12.6. The van der Waals surface area contributed by atoms with Gasteiger partial charge in [0.05, 0.1) is 18.5 Å². The summed E-state index contributed by atoms with van der Waals surface area (Å²) in [7, 11) is 0. The molecular weight excluding hydrogens is 300 g/mol. The quantitative estimate of drug-likeness (QED) is 0.651. The highest BCUT2D eigenvalue weighted by Gasteiger charge is 2.14. The number of nitrogens with zero attached hydrogens (tertiary/aromatic N) is 1. The highest BCUT2D eigenvalue weighted by Crippen LogP contribution is 2.32. The first kappa shape index (κ1) is 15.0. The van der Waals surface area contributed by atoms with Crippen LogP contribution in [0.25, 0.3) is 0 Å². The molecular formula is C16H16N2O5. The number of amides is 1. The van der Waals surface area contributed by atoms with Gasteiger partial charge in [0.2, 0.25) is 6.79 Å². The number of carbonyl (C=O) groups excluding carboxylic acids is 1. The van der Waals surface area contributed by atoms with Crippen molar-refractivity contribution in [3.63, 3.8) is 0 Å². The summed E-state index contributed by atoms with van der Waals surface area (Å²) in [5.41, 5.74) is 1.48. The van der Waals surface area contributed by atoms with E-state index in [0.29, 0.717) is 29.5 Å². The van der Waals surface area contributed by atoms with Gasteiger partial charge in [0.25, 0.3) is 5.91 Å². The Labute approximate surface area is 132 Å². The zero-order valence-corrected chi connectivity index (χ0v) is 12.6. The van der Waals surface area contributed by atoms with Gasteiger partial charge in [0.15, 0.2) is 18.1 Å². The number of benzene rings is 1. The Balaban J connectivity index is 1.48. The van der Waals surface area contributed by atoms with Gasteiger partial charge in [0, 0.05) is 5.56 Å². The van der Waals surface area contributed by atoms with Gasteiger partial charge in [-0.1, -0.05) is 5.16 Å². The van der Waals surface area contributed by atoms with Crippen molar-refractivity contribution in [1.82, 2.24) is 5.32 Å². The van der Waals surface area contributed by atoms with Gasteiger partial charge in [-0.2, -0.15) is 0 Å². The molecule has 1 aliphatic rings. The summed E-state index contributed by atoms with van der Waals surface area (Å²) >= 11 is 0. The van der Waals surface area contributed by atoms with Crippen molar-refractivity contribution < 1.29 is 23.5 Å². The number of rotatable bonds is 6. The van der Waals surface area contributed by atoms with E-state index < -0.39 is 0 Å². The van der Waals surface area contributed by atoms with Crippen molar-refractivity contribution >= 4 is 11.6 Å². The molecule has 23 heavy (non-hydrogen) atoms. The largest absolute Gasteiger partial charge is 0.467 e. The fraction of sp³-hybridized carbons (Fsp3) is 0.250. The summed E-state index contributed by atoms with van der Waals surface area (Å²) in [5, 5.41) is 6.61. The number of fused-ring (bicyclic) bond motifs is 1. The average molecular weight is 316 g/mol. The Kier molecular flexibility index (Phi) is 4.46. The van der Waals surface area contributed by atoms with E-state index in [0.717, 1.165) is 5.56 Å². The van der Waals surface area contributed by atoms with Crippen molar-refractivity contribution in [2.75, 3.05) is 13.4 Å². The predicted octanol–water partition coefficient (Wildman–Crippen LogP) is 2.07. The molecule has 120 valence electrons. The van der Waals surface area contributed by atoms with Gasteiger partial charge in [-0.3, -0.25) is 4.79 Å². The molecule has 1 amide bonds. The van der Waals surface area contributed by atoms with Crippen LogP contribution in [0.3, 0.4) is 0 Å². The first-order valence-electron chi connectivity index (χ1n) is 7.08. The zero-order chi connectivity index (χ0) is 16.1. The molecule has 0 spiro atoms. The maximum atomic E-state index is 11.6. The minimum atomic E-state index is -0.274. The molecule has 2 heterocycles. The molecule has 1 aliphatic heterocycles. The second-order valence-electron chi connectivity index (χ2n) is 4.87.